The lowest BCUT2D eigenvalue weighted by Crippen LogP contribution is -2.37. The molecule has 2 heterocycles. The molecule has 8 heteroatoms. The summed E-state index contributed by atoms with van der Waals surface area (Å²) < 4.78 is 29.2. The lowest BCUT2D eigenvalue weighted by atomic mass is 10.1. The quantitative estimate of drug-likeness (QED) is 0.775. The number of hydrogen-bond acceptors (Lipinski definition) is 4. The van der Waals surface area contributed by atoms with Gasteiger partial charge >= 0.3 is 0 Å². The zero-order valence-corrected chi connectivity index (χ0v) is 17.4. The van der Waals surface area contributed by atoms with E-state index < -0.39 is 10.0 Å². The second-order valence-corrected chi connectivity index (χ2v) is 9.75. The Hall–Kier alpha value is -1.41. The fourth-order valence-corrected chi connectivity index (χ4v) is 6.17. The molecule has 2 fully saturated rings. The molecule has 152 valence electrons. The molecule has 3 rings (SSSR count). The number of aryl methyl sites for hydroxylation is 1. The normalized spacial score (nSPS) is 20.4. The van der Waals surface area contributed by atoms with Gasteiger partial charge in [-0.1, -0.05) is 32.1 Å². The first kappa shape index (κ1) is 20.3. The molecule has 1 N–H and O–H groups in total. The summed E-state index contributed by atoms with van der Waals surface area (Å²) in [6, 6.07) is 0.230. The molecule has 1 saturated carbocycles. The third kappa shape index (κ3) is 4.71. The summed E-state index contributed by atoms with van der Waals surface area (Å²) in [4.78, 5) is 12.8. The summed E-state index contributed by atoms with van der Waals surface area (Å²) in [5.41, 5.74) is 1.02. The number of amides is 1. The molecule has 1 saturated heterocycles. The molecule has 1 aliphatic heterocycles. The van der Waals surface area contributed by atoms with Crippen LogP contribution in [-0.2, 0) is 21.4 Å². The van der Waals surface area contributed by atoms with Gasteiger partial charge in [-0.05, 0) is 39.5 Å². The molecule has 1 aromatic heterocycles. The van der Waals surface area contributed by atoms with Gasteiger partial charge in [0.15, 0.2) is 0 Å². The van der Waals surface area contributed by atoms with Crippen LogP contribution in [0, 0.1) is 13.8 Å². The SMILES string of the molecule is Cc1nn(CC(=O)NC2CCCCCC2)c(C)c1S(=O)(=O)N1CCCCC1. The number of nitrogens with one attached hydrogen (secondary N) is 1. The van der Waals surface area contributed by atoms with E-state index >= 15 is 0 Å². The topological polar surface area (TPSA) is 84.3 Å². The van der Waals surface area contributed by atoms with Crippen LogP contribution in [0.15, 0.2) is 4.90 Å². The molecular weight excluding hydrogens is 364 g/mol. The summed E-state index contributed by atoms with van der Waals surface area (Å²) in [6.45, 7) is 4.65. The predicted molar refractivity (Wildman–Crippen MR) is 104 cm³/mol. The van der Waals surface area contributed by atoms with Crippen LogP contribution in [0.3, 0.4) is 0 Å². The minimum absolute atomic E-state index is 0.0681. The van der Waals surface area contributed by atoms with E-state index in [9.17, 15) is 13.2 Å². The molecule has 0 aromatic carbocycles. The van der Waals surface area contributed by atoms with Gasteiger partial charge in [-0.15, -0.1) is 0 Å². The Morgan fingerprint density at radius 3 is 2.26 bits per heavy atom. The average Bonchev–Trinajstić information content (AvgIpc) is 2.80. The molecule has 27 heavy (non-hydrogen) atoms. The second-order valence-electron chi connectivity index (χ2n) is 7.88. The molecular formula is C19H32N4O3S. The van der Waals surface area contributed by atoms with Crippen LogP contribution >= 0.6 is 0 Å². The number of piperidine rings is 1. The van der Waals surface area contributed by atoms with E-state index in [0.717, 1.165) is 44.9 Å². The van der Waals surface area contributed by atoms with Crippen molar-refractivity contribution in [1.29, 1.82) is 0 Å². The molecule has 0 unspecified atom stereocenters. The van der Waals surface area contributed by atoms with Crippen molar-refractivity contribution in [3.8, 4) is 0 Å². The van der Waals surface area contributed by atoms with Crippen molar-refractivity contribution >= 4 is 15.9 Å². The smallest absolute Gasteiger partial charge is 0.246 e. The molecule has 0 atom stereocenters. The first-order valence-electron chi connectivity index (χ1n) is 10.2. The number of nitrogens with zero attached hydrogens (tertiary/aromatic N) is 3. The minimum atomic E-state index is -3.55. The van der Waals surface area contributed by atoms with Crippen LogP contribution in [0.2, 0.25) is 0 Å². The van der Waals surface area contributed by atoms with E-state index in [1.807, 2.05) is 0 Å². The maximum atomic E-state index is 13.1. The summed E-state index contributed by atoms with van der Waals surface area (Å²) in [5.74, 6) is -0.0885. The Morgan fingerprint density at radius 2 is 1.63 bits per heavy atom. The number of aromatic nitrogens is 2. The van der Waals surface area contributed by atoms with E-state index in [1.54, 1.807) is 18.2 Å². The molecule has 1 aliphatic carbocycles. The van der Waals surface area contributed by atoms with E-state index in [0.29, 0.717) is 24.5 Å². The standard InChI is InChI=1S/C19H32N4O3S/c1-15-19(27(25,26)22-12-8-5-9-13-22)16(2)23(21-15)14-18(24)20-17-10-6-3-4-7-11-17/h17H,3-14H2,1-2H3,(H,20,24). The monoisotopic (exact) mass is 396 g/mol. The fraction of sp³-hybridized carbons (Fsp3) is 0.789. The highest BCUT2D eigenvalue weighted by molar-refractivity contribution is 7.89. The van der Waals surface area contributed by atoms with Crippen molar-refractivity contribution in [3.63, 3.8) is 0 Å². The van der Waals surface area contributed by atoms with Gasteiger partial charge in [0.2, 0.25) is 15.9 Å². The average molecular weight is 397 g/mol. The molecule has 1 aromatic rings. The summed E-state index contributed by atoms with van der Waals surface area (Å²) in [6.07, 6.45) is 9.71. The number of carbonyl (C=O) groups is 1. The predicted octanol–water partition coefficient (Wildman–Crippen LogP) is 2.51. The van der Waals surface area contributed by atoms with E-state index in [1.165, 1.54) is 17.5 Å². The van der Waals surface area contributed by atoms with Crippen LogP contribution in [0.1, 0.15) is 69.2 Å². The van der Waals surface area contributed by atoms with Gasteiger partial charge in [0, 0.05) is 19.1 Å². The van der Waals surface area contributed by atoms with Crippen molar-refractivity contribution < 1.29 is 13.2 Å². The molecule has 0 spiro atoms. The van der Waals surface area contributed by atoms with Crippen molar-refractivity contribution in [1.82, 2.24) is 19.4 Å². The van der Waals surface area contributed by atoms with Crippen molar-refractivity contribution in [2.45, 2.75) is 89.1 Å². The highest BCUT2D eigenvalue weighted by Gasteiger charge is 2.32. The summed E-state index contributed by atoms with van der Waals surface area (Å²) in [7, 11) is -3.55. The lowest BCUT2D eigenvalue weighted by molar-refractivity contribution is -0.122. The highest BCUT2D eigenvalue weighted by atomic mass is 32.2. The molecule has 2 aliphatic rings. The fourth-order valence-electron chi connectivity index (χ4n) is 4.28. The Balaban J connectivity index is 1.72. The van der Waals surface area contributed by atoms with Gasteiger partial charge in [-0.3, -0.25) is 9.48 Å². The minimum Gasteiger partial charge on any atom is -0.352 e. The maximum Gasteiger partial charge on any atom is 0.246 e. The highest BCUT2D eigenvalue weighted by Crippen LogP contribution is 2.26. The van der Waals surface area contributed by atoms with Crippen LogP contribution < -0.4 is 5.32 Å². The first-order valence-corrected chi connectivity index (χ1v) is 11.7. The van der Waals surface area contributed by atoms with E-state index in [2.05, 4.69) is 10.4 Å². The third-order valence-corrected chi connectivity index (χ3v) is 7.89. The van der Waals surface area contributed by atoms with E-state index in [-0.39, 0.29) is 23.4 Å². The Kier molecular flexibility index (Phi) is 6.57. The van der Waals surface area contributed by atoms with Crippen molar-refractivity contribution in [2.75, 3.05) is 13.1 Å². The van der Waals surface area contributed by atoms with Crippen molar-refractivity contribution in [3.05, 3.63) is 11.4 Å². The lowest BCUT2D eigenvalue weighted by Gasteiger charge is -2.26. The van der Waals surface area contributed by atoms with Gasteiger partial charge in [0.25, 0.3) is 0 Å². The van der Waals surface area contributed by atoms with Crippen LogP contribution in [0.5, 0.6) is 0 Å². The second kappa shape index (κ2) is 8.73. The van der Waals surface area contributed by atoms with Gasteiger partial charge in [-0.25, -0.2) is 8.42 Å². The Bertz CT molecular complexity index is 758. The zero-order chi connectivity index (χ0) is 19.4. The third-order valence-electron chi connectivity index (χ3n) is 5.74. The van der Waals surface area contributed by atoms with Gasteiger partial charge < -0.3 is 5.32 Å². The first-order chi connectivity index (χ1) is 12.9. The van der Waals surface area contributed by atoms with Crippen LogP contribution in [0.4, 0.5) is 0 Å². The van der Waals surface area contributed by atoms with Crippen LogP contribution in [0.25, 0.3) is 0 Å². The van der Waals surface area contributed by atoms with Gasteiger partial charge in [0.1, 0.15) is 11.4 Å². The number of rotatable bonds is 5. The molecule has 1 amide bonds. The Morgan fingerprint density at radius 1 is 1.04 bits per heavy atom. The summed E-state index contributed by atoms with van der Waals surface area (Å²) in [5, 5.41) is 7.48. The molecule has 7 nitrogen and oxygen atoms in total. The number of hydrogen-bond donors (Lipinski definition) is 1. The van der Waals surface area contributed by atoms with Crippen molar-refractivity contribution in [2.24, 2.45) is 0 Å². The zero-order valence-electron chi connectivity index (χ0n) is 16.5. The molecule has 0 radical (unpaired) electrons. The summed E-state index contributed by atoms with van der Waals surface area (Å²) >= 11 is 0. The Labute approximate surface area is 162 Å². The van der Waals surface area contributed by atoms with Crippen LogP contribution in [-0.4, -0.2) is 47.5 Å². The maximum absolute atomic E-state index is 13.1. The number of sulfonamides is 1. The molecule has 0 bridgehead atoms. The van der Waals surface area contributed by atoms with Gasteiger partial charge in [0.05, 0.1) is 11.4 Å². The largest absolute Gasteiger partial charge is 0.352 e. The van der Waals surface area contributed by atoms with Gasteiger partial charge in [-0.2, -0.15) is 9.40 Å². The number of carbonyl (C=O) groups excluding carboxylic acids is 1. The van der Waals surface area contributed by atoms with E-state index in [4.69, 9.17) is 0 Å².